The molecule has 13 heterocycles. The maximum atomic E-state index is 13.9. The fourth-order valence-corrected chi connectivity index (χ4v) is 22.9. The highest BCUT2D eigenvalue weighted by atomic mass is 32.2. The zero-order valence-corrected chi connectivity index (χ0v) is 76.2. The Kier molecular flexibility index (Phi) is 31.4. The number of nitrogens with one attached hydrogen (secondary N) is 5. The van der Waals surface area contributed by atoms with Gasteiger partial charge in [0.1, 0.15) is 54.3 Å². The molecule has 0 radical (unpaired) electrons. The topological polar surface area (TPSA) is 372 Å². The minimum Gasteiger partial charge on any atom is -0.438 e. The minimum atomic E-state index is -1.16. The molecule has 678 valence electrons. The Hall–Kier alpha value is -9.24. The number of para-hydroxylation sites is 1. The largest absolute Gasteiger partial charge is 0.438 e. The summed E-state index contributed by atoms with van der Waals surface area (Å²) < 4.78 is 70.0. The molecular formula is C93H124FN17O11S4. The molecule has 10 N–H and O–H groups in total. The number of hydrogen-bond donors (Lipinski definition) is 10. The zero-order valence-electron chi connectivity index (χ0n) is 73.0. The summed E-state index contributed by atoms with van der Waals surface area (Å²) in [4.78, 5) is 61.6. The highest BCUT2D eigenvalue weighted by molar-refractivity contribution is 7.86. The smallest absolute Gasteiger partial charge is 0.412 e. The number of halogens is 1. The van der Waals surface area contributed by atoms with Crippen molar-refractivity contribution in [2.24, 2.45) is 23.7 Å². The van der Waals surface area contributed by atoms with E-state index >= 15 is 0 Å². The Balaban J connectivity index is 0.000000144. The third-order valence-electron chi connectivity index (χ3n) is 25.6. The lowest BCUT2D eigenvalue weighted by Crippen LogP contribution is -2.48. The number of nitrogens with zero attached hydrogens (tertiary/aromatic N) is 12. The molecule has 4 aromatic heterocycles. The second kappa shape index (κ2) is 41.9. The molecule has 17 rings (SSSR count). The van der Waals surface area contributed by atoms with Crippen molar-refractivity contribution in [1.82, 2.24) is 39.9 Å². The van der Waals surface area contributed by atoms with E-state index in [1.165, 1.54) is 23.3 Å². The zero-order chi connectivity index (χ0) is 88.5. The number of aliphatic hydroxyl groups is 5. The van der Waals surface area contributed by atoms with Gasteiger partial charge in [-0.15, -0.1) is 6.42 Å². The normalized spacial score (nSPS) is 20.7. The fourth-order valence-electron chi connectivity index (χ4n) is 17.7. The Labute approximate surface area is 750 Å². The van der Waals surface area contributed by atoms with E-state index in [9.17, 15) is 51.6 Å². The van der Waals surface area contributed by atoms with E-state index in [1.54, 1.807) is 0 Å². The number of aryl methyl sites for hydroxylation is 5. The van der Waals surface area contributed by atoms with Crippen LogP contribution in [0.3, 0.4) is 0 Å². The number of piperidine rings is 4. The van der Waals surface area contributed by atoms with Crippen LogP contribution in [0, 0.1) is 48.8 Å². The number of fused-ring (bicyclic) bond motifs is 6. The average molecular weight is 1800 g/mol. The first-order valence-electron chi connectivity index (χ1n) is 44.0. The summed E-state index contributed by atoms with van der Waals surface area (Å²) in [5.41, 5.74) is 8.42. The second-order valence-electron chi connectivity index (χ2n) is 35.3. The predicted molar refractivity (Wildman–Crippen MR) is 497 cm³/mol. The summed E-state index contributed by atoms with van der Waals surface area (Å²) in [5.74, 6) is 11.3. The second-order valence-corrected chi connectivity index (χ2v) is 41.3. The lowest BCUT2D eigenvalue weighted by Gasteiger charge is -2.44. The number of anilines is 9. The van der Waals surface area contributed by atoms with E-state index in [-0.39, 0.29) is 87.5 Å². The van der Waals surface area contributed by atoms with E-state index in [1.807, 2.05) is 95.8 Å². The molecule has 126 heavy (non-hydrogen) atoms. The van der Waals surface area contributed by atoms with Crippen LogP contribution in [-0.4, -0.2) is 214 Å². The molecule has 1 amide bonds. The predicted octanol–water partition coefficient (Wildman–Crippen LogP) is 11.7. The van der Waals surface area contributed by atoms with Gasteiger partial charge in [-0.25, -0.2) is 29.1 Å². The lowest BCUT2D eigenvalue weighted by molar-refractivity contribution is -0.00822. The number of hydrogen-bond acceptors (Lipinski definition) is 27. The summed E-state index contributed by atoms with van der Waals surface area (Å²) in [7, 11) is -4.47. The standard InChI is InChI=1S/C24H30N4O2S.C23H31FN4O3S.C23H29N5O4S.C22H30N4O2S.CH4/c1-4-17-5-7-18(8-6-17)19-9-12-28(13-10-19)24-26-20-11-14-31(30)22(20)23(27-24)25-21(15-29)16(2)3;1-14(2)19(13-29)25-21-20-18(4-9-32(20)31)26-22(27-21)28-7-5-23(30,6-8-28)16-10-15(3)11-17(24)12-16;1-14(2)18(13-29)24-20-19-17(7-12-33(19)31)25-21(27-20)28-10-8-23(9-11-28)15-5-3-4-6-16(15)26-22(30)32-23;1-15(2)19(14-27)23-21-20-18(10-13-29(20)28)24-22(25-21)26-11-8-17(9-12-26)16-6-4-3-5-7-16;/h1,5-8,16,19,21,29H,9-15H2,2-3H3,(H,25,26,27);10-12,14,19,29-30H,4-9,13H2,1-3H3,(H,25,26,27);3-6,14,18,29H,7-13H2,1-2H3,(H,26,30)(H,24,25,27);3-7,15,17,19,27H,8-14H2,1-2H3,(H,23,24,25);1H4/t21-,31?;19-,32?;18-,33?;19-,29?;/m0000./s1. The SMILES string of the molecule is C.C#Cc1ccc(C2CCN(c3nc4c(c(N[C@@H](CO)C(C)C)n3)S(=O)CC4)CC2)cc1.CC(C)[C@H](CO)Nc1nc(N2CCC(c3ccccc3)CC2)nc2c1S(=O)CC2.CC(C)[C@H](CO)Nc1nc(N2CCC3(CC2)OC(=O)Nc2ccccc23)nc2c1S(=O)CC2.Cc1cc(F)cc(C2(O)CCN(c3nc4c(c(N[C@@H](CO)C(C)C)n3)S(=O)CC4)CC2)c1. The first-order valence-corrected chi connectivity index (χ1v) is 49.3. The summed E-state index contributed by atoms with van der Waals surface area (Å²) in [6.45, 7) is 23.9. The van der Waals surface area contributed by atoms with Crippen molar-refractivity contribution in [3.8, 4) is 12.3 Å². The van der Waals surface area contributed by atoms with Crippen molar-refractivity contribution in [2.75, 3.05) is 148 Å². The van der Waals surface area contributed by atoms with Gasteiger partial charge in [-0.3, -0.25) is 22.2 Å². The highest BCUT2D eigenvalue weighted by Gasteiger charge is 2.46. The van der Waals surface area contributed by atoms with Crippen molar-refractivity contribution in [2.45, 2.75) is 214 Å². The molecule has 28 nitrogen and oxygen atoms in total. The van der Waals surface area contributed by atoms with Crippen LogP contribution in [0.25, 0.3) is 0 Å². The van der Waals surface area contributed by atoms with Gasteiger partial charge in [-0.05, 0) is 134 Å². The summed E-state index contributed by atoms with van der Waals surface area (Å²) in [6, 6.07) is 30.8. The molecule has 0 bridgehead atoms. The number of aliphatic hydroxyl groups excluding tert-OH is 4. The van der Waals surface area contributed by atoms with Gasteiger partial charge in [0.2, 0.25) is 23.8 Å². The number of rotatable bonds is 23. The van der Waals surface area contributed by atoms with Crippen LogP contribution in [0.2, 0.25) is 0 Å². The monoisotopic (exact) mass is 1800 g/mol. The van der Waals surface area contributed by atoms with Crippen molar-refractivity contribution < 1.29 is 56.3 Å². The van der Waals surface area contributed by atoms with Gasteiger partial charge in [0.25, 0.3) is 0 Å². The molecule has 8 atom stereocenters. The first-order chi connectivity index (χ1) is 60.2. The number of terminal acetylenes is 1. The fraction of sp³-hybridized carbons (Fsp3) is 0.538. The number of benzene rings is 4. The van der Waals surface area contributed by atoms with E-state index in [2.05, 4.69) is 104 Å². The van der Waals surface area contributed by atoms with Crippen LogP contribution in [-0.2, 0) is 84.8 Å². The van der Waals surface area contributed by atoms with Crippen molar-refractivity contribution in [1.29, 1.82) is 0 Å². The van der Waals surface area contributed by atoms with Crippen LogP contribution in [0.4, 0.5) is 61.9 Å². The molecule has 4 saturated heterocycles. The molecule has 9 aliphatic heterocycles. The molecule has 0 aliphatic carbocycles. The van der Waals surface area contributed by atoms with Gasteiger partial charge in [0.15, 0.2) is 0 Å². The maximum absolute atomic E-state index is 13.9. The Morgan fingerprint density at radius 2 is 0.825 bits per heavy atom. The van der Waals surface area contributed by atoms with Gasteiger partial charge in [-0.2, -0.15) is 19.9 Å². The lowest BCUT2D eigenvalue weighted by atomic mass is 9.82. The van der Waals surface area contributed by atoms with Crippen LogP contribution < -0.4 is 46.2 Å². The molecule has 8 aromatic rings. The van der Waals surface area contributed by atoms with Crippen molar-refractivity contribution >= 4 is 102 Å². The highest BCUT2D eigenvalue weighted by Crippen LogP contribution is 2.46. The van der Waals surface area contributed by atoms with Crippen LogP contribution in [0.15, 0.2) is 117 Å². The molecule has 1 spiro atoms. The molecular weight excluding hydrogens is 1680 g/mol. The Bertz CT molecular complexity index is 5250. The van der Waals surface area contributed by atoms with Gasteiger partial charge in [-0.1, -0.05) is 135 Å². The van der Waals surface area contributed by atoms with Crippen LogP contribution >= 0.6 is 0 Å². The number of aromatic nitrogens is 8. The molecule has 9 aliphatic rings. The average Bonchev–Trinajstić information content (AvgIpc) is 0.862. The number of ether oxygens (including phenoxy) is 1. The number of carbonyl (C=O) groups is 1. The third-order valence-corrected chi connectivity index (χ3v) is 31.5. The van der Waals surface area contributed by atoms with Gasteiger partial charge in [0, 0.05) is 125 Å². The quantitative estimate of drug-likeness (QED) is 0.0266. The van der Waals surface area contributed by atoms with Gasteiger partial charge in [0.05, 0.1) is 128 Å². The maximum Gasteiger partial charge on any atom is 0.412 e. The van der Waals surface area contributed by atoms with E-state index in [0.717, 1.165) is 114 Å². The molecule has 33 heteroatoms. The van der Waals surface area contributed by atoms with Gasteiger partial charge < -0.3 is 71.1 Å². The summed E-state index contributed by atoms with van der Waals surface area (Å²) in [6.07, 6.45) is 14.0. The van der Waals surface area contributed by atoms with Crippen LogP contribution in [0.1, 0.15) is 182 Å². The molecule has 4 fully saturated rings. The number of carbonyl (C=O) groups excluding carboxylic acids is 1. The Morgan fingerprint density at radius 3 is 1.17 bits per heavy atom. The van der Waals surface area contributed by atoms with Gasteiger partial charge >= 0.3 is 6.09 Å². The van der Waals surface area contributed by atoms with Crippen LogP contribution in [0.5, 0.6) is 0 Å². The first kappa shape index (κ1) is 94.4. The van der Waals surface area contributed by atoms with Crippen molar-refractivity contribution in [3.63, 3.8) is 0 Å². The van der Waals surface area contributed by atoms with E-state index < -0.39 is 60.5 Å². The third kappa shape index (κ3) is 21.5. The number of amides is 1. The summed E-state index contributed by atoms with van der Waals surface area (Å²) >= 11 is 0. The molecule has 4 unspecified atom stereocenters. The molecule has 0 saturated carbocycles. The van der Waals surface area contributed by atoms with E-state index in [4.69, 9.17) is 51.0 Å². The van der Waals surface area contributed by atoms with E-state index in [0.29, 0.717) is 167 Å². The minimum absolute atomic E-state index is 0. The Morgan fingerprint density at radius 1 is 0.484 bits per heavy atom. The van der Waals surface area contributed by atoms with Crippen molar-refractivity contribution in [3.05, 3.63) is 159 Å². The molecule has 4 aromatic carbocycles. The summed E-state index contributed by atoms with van der Waals surface area (Å²) in [5, 5.41) is 66.3.